The van der Waals surface area contributed by atoms with Crippen LogP contribution in [0.25, 0.3) is 11.2 Å². The molecule has 0 saturated carbocycles. The molecule has 19 heavy (non-hydrogen) atoms. The fourth-order valence-electron chi connectivity index (χ4n) is 2.09. The molecule has 0 saturated heterocycles. The fraction of sp³-hybridized carbons (Fsp3) is 0.143. The van der Waals surface area contributed by atoms with Gasteiger partial charge < -0.3 is 4.98 Å². The number of aromatic nitrogens is 3. The number of pyridine rings is 1. The van der Waals surface area contributed by atoms with Crippen LogP contribution in [0.15, 0.2) is 41.0 Å². The van der Waals surface area contributed by atoms with Crippen molar-refractivity contribution in [3.05, 3.63) is 56.9 Å². The summed E-state index contributed by atoms with van der Waals surface area (Å²) in [5.74, 6) is 0. The number of halogens is 1. The Labute approximate surface area is 124 Å². The van der Waals surface area contributed by atoms with Crippen molar-refractivity contribution in [1.82, 2.24) is 14.5 Å². The average Bonchev–Trinajstić information content (AvgIpc) is 2.68. The van der Waals surface area contributed by atoms with E-state index in [9.17, 15) is 0 Å². The minimum atomic E-state index is 0.698. The van der Waals surface area contributed by atoms with E-state index in [4.69, 9.17) is 12.2 Å². The third-order valence-corrected chi connectivity index (χ3v) is 4.13. The van der Waals surface area contributed by atoms with Crippen LogP contribution < -0.4 is 0 Å². The van der Waals surface area contributed by atoms with E-state index in [1.807, 2.05) is 35.9 Å². The quantitative estimate of drug-likeness (QED) is 0.712. The van der Waals surface area contributed by atoms with Crippen molar-refractivity contribution in [3.8, 4) is 0 Å². The van der Waals surface area contributed by atoms with E-state index in [2.05, 4.69) is 38.0 Å². The van der Waals surface area contributed by atoms with Crippen LogP contribution in [0.5, 0.6) is 0 Å². The number of benzene rings is 1. The second kappa shape index (κ2) is 4.90. The minimum Gasteiger partial charge on any atom is -0.329 e. The molecule has 5 heteroatoms. The number of aryl methyl sites for hydroxylation is 1. The fourth-order valence-corrected chi connectivity index (χ4v) is 2.76. The molecule has 0 amide bonds. The zero-order valence-electron chi connectivity index (χ0n) is 10.4. The molecule has 3 aromatic rings. The van der Waals surface area contributed by atoms with Crippen molar-refractivity contribution in [2.45, 2.75) is 13.5 Å². The normalized spacial score (nSPS) is 11.1. The molecule has 0 radical (unpaired) electrons. The van der Waals surface area contributed by atoms with Gasteiger partial charge in [0.2, 0.25) is 0 Å². The summed E-state index contributed by atoms with van der Waals surface area (Å²) in [4.78, 5) is 7.68. The van der Waals surface area contributed by atoms with Crippen molar-refractivity contribution >= 4 is 39.3 Å². The molecule has 0 fully saturated rings. The van der Waals surface area contributed by atoms with Crippen LogP contribution in [0.3, 0.4) is 0 Å². The highest BCUT2D eigenvalue weighted by Crippen LogP contribution is 2.20. The van der Waals surface area contributed by atoms with Gasteiger partial charge in [-0.1, -0.05) is 34.1 Å². The van der Waals surface area contributed by atoms with Crippen LogP contribution in [0, 0.1) is 11.7 Å². The number of aromatic amines is 1. The molecule has 1 aromatic carbocycles. The van der Waals surface area contributed by atoms with Gasteiger partial charge in [-0.2, -0.15) is 0 Å². The summed E-state index contributed by atoms with van der Waals surface area (Å²) in [5, 5.41) is 0. The maximum atomic E-state index is 5.39. The molecule has 2 heterocycles. The zero-order valence-corrected chi connectivity index (χ0v) is 12.8. The van der Waals surface area contributed by atoms with Crippen LogP contribution in [-0.4, -0.2) is 14.5 Å². The monoisotopic (exact) mass is 333 g/mol. The Morgan fingerprint density at radius 3 is 2.95 bits per heavy atom. The summed E-state index contributed by atoms with van der Waals surface area (Å²) in [6.07, 6.45) is 1.86. The molecule has 0 bridgehead atoms. The summed E-state index contributed by atoms with van der Waals surface area (Å²) in [7, 11) is 0. The summed E-state index contributed by atoms with van der Waals surface area (Å²) >= 11 is 8.96. The standard InChI is InChI=1S/C14H12BrN3S/c1-9-6-12-13(16-7-9)18(14(19)17-12)8-10-4-2-3-5-11(10)15/h2-7H,8H2,1H3,(H,17,19). The van der Waals surface area contributed by atoms with Gasteiger partial charge in [0.25, 0.3) is 0 Å². The number of nitrogens with zero attached hydrogens (tertiary/aromatic N) is 2. The van der Waals surface area contributed by atoms with E-state index < -0.39 is 0 Å². The van der Waals surface area contributed by atoms with Gasteiger partial charge in [0, 0.05) is 10.7 Å². The molecule has 0 aliphatic heterocycles. The van der Waals surface area contributed by atoms with Crippen LogP contribution in [0.4, 0.5) is 0 Å². The highest BCUT2D eigenvalue weighted by molar-refractivity contribution is 9.10. The summed E-state index contributed by atoms with van der Waals surface area (Å²) in [5.41, 5.74) is 4.18. The second-order valence-electron chi connectivity index (χ2n) is 4.49. The lowest BCUT2D eigenvalue weighted by Crippen LogP contribution is -2.01. The number of hydrogen-bond acceptors (Lipinski definition) is 2. The SMILES string of the molecule is Cc1cnc2c(c1)[nH]c(=S)n2Cc1ccccc1Br. The Morgan fingerprint density at radius 2 is 2.16 bits per heavy atom. The third-order valence-electron chi connectivity index (χ3n) is 3.03. The Hall–Kier alpha value is -1.46. The first-order valence-corrected chi connectivity index (χ1v) is 7.14. The van der Waals surface area contributed by atoms with Gasteiger partial charge >= 0.3 is 0 Å². The molecule has 96 valence electrons. The number of imidazole rings is 1. The van der Waals surface area contributed by atoms with Crippen LogP contribution >= 0.6 is 28.1 Å². The predicted octanol–water partition coefficient (Wildman–Crippen LogP) is 4.21. The molecule has 3 rings (SSSR count). The number of hydrogen-bond donors (Lipinski definition) is 1. The Bertz CT molecular complexity index is 804. The topological polar surface area (TPSA) is 33.6 Å². The third kappa shape index (κ3) is 2.35. The molecule has 0 atom stereocenters. The smallest absolute Gasteiger partial charge is 0.179 e. The van der Waals surface area contributed by atoms with Crippen molar-refractivity contribution < 1.29 is 0 Å². The van der Waals surface area contributed by atoms with E-state index in [1.165, 1.54) is 5.56 Å². The van der Waals surface area contributed by atoms with Gasteiger partial charge in [0.15, 0.2) is 10.4 Å². The van der Waals surface area contributed by atoms with Crippen molar-refractivity contribution in [2.24, 2.45) is 0 Å². The van der Waals surface area contributed by atoms with E-state index >= 15 is 0 Å². The van der Waals surface area contributed by atoms with E-state index in [0.717, 1.165) is 21.2 Å². The number of fused-ring (bicyclic) bond motifs is 1. The lowest BCUT2D eigenvalue weighted by atomic mass is 10.2. The highest BCUT2D eigenvalue weighted by Gasteiger charge is 2.08. The molecule has 0 aliphatic rings. The molecular formula is C14H12BrN3S. The molecule has 2 aromatic heterocycles. The first kappa shape index (κ1) is 12.6. The van der Waals surface area contributed by atoms with Gasteiger partial charge in [0.05, 0.1) is 12.1 Å². The van der Waals surface area contributed by atoms with Crippen molar-refractivity contribution in [1.29, 1.82) is 0 Å². The summed E-state index contributed by atoms with van der Waals surface area (Å²) in [6.45, 7) is 2.73. The van der Waals surface area contributed by atoms with Crippen LogP contribution in [0.1, 0.15) is 11.1 Å². The maximum absolute atomic E-state index is 5.39. The van der Waals surface area contributed by atoms with E-state index in [0.29, 0.717) is 11.3 Å². The molecular weight excluding hydrogens is 322 g/mol. The highest BCUT2D eigenvalue weighted by atomic mass is 79.9. The van der Waals surface area contributed by atoms with Gasteiger partial charge in [-0.15, -0.1) is 0 Å². The lowest BCUT2D eigenvalue weighted by molar-refractivity contribution is 0.797. The maximum Gasteiger partial charge on any atom is 0.179 e. The zero-order chi connectivity index (χ0) is 13.4. The summed E-state index contributed by atoms with van der Waals surface area (Å²) < 4.78 is 3.80. The molecule has 3 nitrogen and oxygen atoms in total. The van der Waals surface area contributed by atoms with Crippen LogP contribution in [0.2, 0.25) is 0 Å². The van der Waals surface area contributed by atoms with Gasteiger partial charge in [-0.25, -0.2) is 4.98 Å². The van der Waals surface area contributed by atoms with Crippen molar-refractivity contribution in [3.63, 3.8) is 0 Å². The molecule has 0 spiro atoms. The Balaban J connectivity index is 2.13. The van der Waals surface area contributed by atoms with E-state index in [1.54, 1.807) is 0 Å². The largest absolute Gasteiger partial charge is 0.329 e. The minimum absolute atomic E-state index is 0.698. The van der Waals surface area contributed by atoms with Crippen LogP contribution in [-0.2, 0) is 6.54 Å². The summed E-state index contributed by atoms with van der Waals surface area (Å²) in [6, 6.07) is 10.2. The Kier molecular flexibility index (Phi) is 3.24. The van der Waals surface area contributed by atoms with Gasteiger partial charge in [-0.3, -0.25) is 4.57 Å². The number of rotatable bonds is 2. The van der Waals surface area contributed by atoms with E-state index in [-0.39, 0.29) is 0 Å². The van der Waals surface area contributed by atoms with Gasteiger partial charge in [-0.05, 0) is 42.4 Å². The second-order valence-corrected chi connectivity index (χ2v) is 5.73. The first-order valence-electron chi connectivity index (χ1n) is 5.94. The van der Waals surface area contributed by atoms with Crippen molar-refractivity contribution in [2.75, 3.05) is 0 Å². The average molecular weight is 334 g/mol. The Morgan fingerprint density at radius 1 is 1.37 bits per heavy atom. The number of nitrogens with one attached hydrogen (secondary N) is 1. The number of H-pyrrole nitrogens is 1. The molecule has 0 aliphatic carbocycles. The molecule has 1 N–H and O–H groups in total. The molecule has 0 unspecified atom stereocenters. The predicted molar refractivity (Wildman–Crippen MR) is 82.9 cm³/mol. The first-order chi connectivity index (χ1) is 9.15. The lowest BCUT2D eigenvalue weighted by Gasteiger charge is -2.06. The van der Waals surface area contributed by atoms with Gasteiger partial charge in [0.1, 0.15) is 0 Å².